The third-order valence-corrected chi connectivity index (χ3v) is 8.49. The molecule has 1 saturated heterocycles. The molecule has 0 amide bonds. The van der Waals surface area contributed by atoms with Crippen LogP contribution >= 0.6 is 62.2 Å². The van der Waals surface area contributed by atoms with Crippen LogP contribution in [-0.2, 0) is 0 Å². The summed E-state index contributed by atoms with van der Waals surface area (Å²) < 4.78 is 0. The van der Waals surface area contributed by atoms with Gasteiger partial charge in [-0.3, -0.25) is 0 Å². The van der Waals surface area contributed by atoms with Gasteiger partial charge in [0.05, 0.1) is 0 Å². The SMILES string of the molecule is [B-]1SSS[B-]SSS1.[Ca+2]. The second kappa shape index (κ2) is 9.58. The molecule has 0 N–H and O–H groups in total. The molecule has 0 saturated carbocycles. The van der Waals surface area contributed by atoms with E-state index in [9.17, 15) is 0 Å². The summed E-state index contributed by atoms with van der Waals surface area (Å²) in [5.41, 5.74) is 0. The molecule has 0 unspecified atom stereocenters. The Bertz CT molecular complexity index is 35.0. The van der Waals surface area contributed by atoms with Gasteiger partial charge in [-0.05, 0) is 0 Å². The average molecular weight is 254 g/mol. The van der Waals surface area contributed by atoms with Gasteiger partial charge in [-0.2, -0.15) is 0 Å². The monoisotopic (exact) mass is 254 g/mol. The molecular formula is B2CaS6. The molecule has 1 aliphatic heterocycles. The number of rotatable bonds is 0. The van der Waals surface area contributed by atoms with Gasteiger partial charge < -0.3 is 42.6 Å². The fraction of sp³-hybridized carbons (Fsp3) is 0. The summed E-state index contributed by atoms with van der Waals surface area (Å²) >= 11 is 0. The molecule has 0 aromatic heterocycles. The molecule has 44 valence electrons. The van der Waals surface area contributed by atoms with E-state index in [-0.39, 0.29) is 37.7 Å². The molecule has 4 radical (unpaired) electrons. The second-order valence-electron chi connectivity index (χ2n) is 0.713. The molecule has 0 aromatic rings. The van der Waals surface area contributed by atoms with Crippen LogP contribution in [0.2, 0.25) is 0 Å². The normalized spacial score (nSPS) is 21.3. The van der Waals surface area contributed by atoms with Crippen molar-refractivity contribution in [3.63, 3.8) is 0 Å². The van der Waals surface area contributed by atoms with E-state index in [0.29, 0.717) is 0 Å². The first kappa shape index (κ1) is 12.5. The molecule has 0 nitrogen and oxygen atoms in total. The van der Waals surface area contributed by atoms with Crippen LogP contribution in [0.3, 0.4) is 0 Å². The van der Waals surface area contributed by atoms with E-state index in [4.69, 9.17) is 0 Å². The largest absolute Gasteiger partial charge is 2.00 e. The zero-order valence-corrected chi connectivity index (χ0v) is 11.4. The zero-order chi connectivity index (χ0) is 5.66. The van der Waals surface area contributed by atoms with Gasteiger partial charge in [0.25, 0.3) is 0 Å². The van der Waals surface area contributed by atoms with E-state index >= 15 is 0 Å². The van der Waals surface area contributed by atoms with Gasteiger partial charge in [0.2, 0.25) is 0 Å². The molecule has 0 spiro atoms. The molecule has 9 heavy (non-hydrogen) atoms. The van der Waals surface area contributed by atoms with Crippen molar-refractivity contribution in [3.05, 3.63) is 0 Å². The molecule has 0 atom stereocenters. The zero-order valence-electron chi connectivity index (χ0n) is 4.31. The molecule has 0 aromatic carbocycles. The Labute approximate surface area is 109 Å². The molecule has 0 bridgehead atoms. The van der Waals surface area contributed by atoms with Crippen molar-refractivity contribution in [1.82, 2.24) is 0 Å². The predicted molar refractivity (Wildman–Crippen MR) is 62.8 cm³/mol. The molecule has 1 aliphatic rings. The molecular weight excluding hydrogens is 254 g/mol. The third kappa shape index (κ3) is 7.84. The van der Waals surface area contributed by atoms with Crippen LogP contribution in [0.1, 0.15) is 0 Å². The Morgan fingerprint density at radius 3 is 1.33 bits per heavy atom. The van der Waals surface area contributed by atoms with Crippen LogP contribution in [0.4, 0.5) is 0 Å². The van der Waals surface area contributed by atoms with Gasteiger partial charge >= 0.3 is 37.7 Å². The van der Waals surface area contributed by atoms with E-state index in [1.54, 1.807) is 62.2 Å². The van der Waals surface area contributed by atoms with Crippen molar-refractivity contribution in [2.45, 2.75) is 0 Å². The van der Waals surface area contributed by atoms with Gasteiger partial charge in [0.15, 0.2) is 0 Å². The van der Waals surface area contributed by atoms with Crippen LogP contribution in [0.15, 0.2) is 0 Å². The Morgan fingerprint density at radius 2 is 1.00 bits per heavy atom. The van der Waals surface area contributed by atoms with Gasteiger partial charge in [-0.25, -0.2) is 0 Å². The van der Waals surface area contributed by atoms with E-state index in [1.807, 2.05) is 0 Å². The van der Waals surface area contributed by atoms with Gasteiger partial charge in [0.1, 0.15) is 0 Å². The van der Waals surface area contributed by atoms with Crippen LogP contribution in [0, 0.1) is 0 Å². The molecule has 1 heterocycles. The average Bonchev–Trinajstić information content (AvgIpc) is 1.62. The van der Waals surface area contributed by atoms with Crippen molar-refractivity contribution in [3.8, 4) is 0 Å². The first-order valence-corrected chi connectivity index (χ1v) is 8.83. The first-order chi connectivity index (χ1) is 4.00. The first-order valence-electron chi connectivity index (χ1n) is 1.61. The molecule has 1 fully saturated rings. The summed E-state index contributed by atoms with van der Waals surface area (Å²) in [5.74, 6) is 4.28. The van der Waals surface area contributed by atoms with Crippen LogP contribution in [0.25, 0.3) is 0 Å². The Hall–Kier alpha value is 3.49. The van der Waals surface area contributed by atoms with Crippen molar-refractivity contribution in [2.24, 2.45) is 0 Å². The minimum absolute atomic E-state index is 0. The summed E-state index contributed by atoms with van der Waals surface area (Å²) in [6, 6.07) is 0. The van der Waals surface area contributed by atoms with E-state index < -0.39 is 0 Å². The maximum absolute atomic E-state index is 2.14. The summed E-state index contributed by atoms with van der Waals surface area (Å²) in [5, 5.41) is 0. The number of hydrogen-bond donors (Lipinski definition) is 0. The van der Waals surface area contributed by atoms with Gasteiger partial charge in [0, 0.05) is 0 Å². The van der Waals surface area contributed by atoms with Crippen LogP contribution in [0.5, 0.6) is 0 Å². The minimum atomic E-state index is 0. The summed E-state index contributed by atoms with van der Waals surface area (Å²) in [7, 11) is 10.7. The Kier molecular flexibility index (Phi) is 13.3. The standard InChI is InChI=1S/B2S6.Ca/c1-3-7-5-2-6-8-4-1;/q-2;+2. The summed E-state index contributed by atoms with van der Waals surface area (Å²) in [6.45, 7) is 0. The van der Waals surface area contributed by atoms with Crippen molar-refractivity contribution in [2.75, 3.05) is 0 Å². The van der Waals surface area contributed by atoms with Crippen molar-refractivity contribution >= 4 is 112 Å². The smallest absolute Gasteiger partial charge is 0.366 e. The van der Waals surface area contributed by atoms with E-state index in [2.05, 4.69) is 11.7 Å². The van der Waals surface area contributed by atoms with E-state index in [1.165, 1.54) is 0 Å². The van der Waals surface area contributed by atoms with Crippen molar-refractivity contribution < 1.29 is 0 Å². The summed E-state index contributed by atoms with van der Waals surface area (Å²) in [4.78, 5) is 0. The predicted octanol–water partition coefficient (Wildman–Crippen LogP) is 2.75. The molecule has 0 aliphatic carbocycles. The summed E-state index contributed by atoms with van der Waals surface area (Å²) in [6.07, 6.45) is 0. The topological polar surface area (TPSA) is 0 Å². The molecule has 9 heteroatoms. The van der Waals surface area contributed by atoms with E-state index in [0.717, 1.165) is 0 Å². The Morgan fingerprint density at radius 1 is 0.667 bits per heavy atom. The maximum atomic E-state index is 2.14. The maximum Gasteiger partial charge on any atom is 2.00 e. The second-order valence-corrected chi connectivity index (χ2v) is 8.87. The quantitative estimate of drug-likeness (QED) is 0.478. The third-order valence-electron chi connectivity index (χ3n) is 0.314. The number of hydrogen-bond acceptors (Lipinski definition) is 6. The van der Waals surface area contributed by atoms with Gasteiger partial charge in [-0.1, -0.05) is 0 Å². The van der Waals surface area contributed by atoms with Crippen molar-refractivity contribution in [1.29, 1.82) is 0 Å². The Balaban J connectivity index is 0.000000640. The van der Waals surface area contributed by atoms with Crippen LogP contribution in [-0.4, -0.2) is 49.4 Å². The fourth-order valence-electron chi connectivity index (χ4n) is 0.142. The fourth-order valence-corrected chi connectivity index (χ4v) is 9.02. The van der Waals surface area contributed by atoms with Crippen LogP contribution < -0.4 is 0 Å². The minimum Gasteiger partial charge on any atom is -0.366 e. The molecule has 1 rings (SSSR count). The van der Waals surface area contributed by atoms with Gasteiger partial charge in [-0.15, -0.1) is 31.3 Å².